The minimum absolute atomic E-state index is 0.278. The maximum atomic E-state index is 11.4. The summed E-state index contributed by atoms with van der Waals surface area (Å²) in [5.74, 6) is 1.09. The molecule has 0 fully saturated rings. The summed E-state index contributed by atoms with van der Waals surface area (Å²) < 4.78 is 6.00. The summed E-state index contributed by atoms with van der Waals surface area (Å²) >= 11 is 0. The summed E-state index contributed by atoms with van der Waals surface area (Å²) in [6.07, 6.45) is 1.67. The van der Waals surface area contributed by atoms with Gasteiger partial charge in [0.1, 0.15) is 5.75 Å². The summed E-state index contributed by atoms with van der Waals surface area (Å²) in [5, 5.41) is 11.4. The monoisotopic (exact) mass is 207 g/mol. The van der Waals surface area contributed by atoms with E-state index in [0.29, 0.717) is 6.54 Å². The van der Waals surface area contributed by atoms with Gasteiger partial charge in [0.15, 0.2) is 12.8 Å². The fraction of sp³-hybridized carbons (Fsp3) is 0.417. The lowest BCUT2D eigenvalue weighted by Gasteiger charge is -2.06. The van der Waals surface area contributed by atoms with E-state index in [4.69, 9.17) is 4.74 Å². The molecule has 0 unspecified atom stereocenters. The van der Waals surface area contributed by atoms with Crippen molar-refractivity contribution in [1.29, 1.82) is 0 Å². The maximum Gasteiger partial charge on any atom is 0.178 e. The Morgan fingerprint density at radius 1 is 1.33 bits per heavy atom. The average molecular weight is 207 g/mol. The first-order chi connectivity index (χ1) is 7.11. The van der Waals surface area contributed by atoms with Crippen molar-refractivity contribution >= 4 is 6.21 Å². The number of methoxy groups -OCH3 is 1. The fourth-order valence-electron chi connectivity index (χ4n) is 1.30. The molecule has 0 radical (unpaired) electrons. The molecule has 1 rings (SSSR count). The molecule has 0 aliphatic rings. The molecule has 0 bridgehead atoms. The lowest BCUT2D eigenvalue weighted by molar-refractivity contribution is -0.472. The molecule has 0 spiro atoms. The second kappa shape index (κ2) is 5.39. The molecule has 1 aromatic rings. The van der Waals surface area contributed by atoms with Crippen molar-refractivity contribution in [2.24, 2.45) is 5.92 Å². The average Bonchev–Trinajstić information content (AvgIpc) is 2.17. The second-order valence-electron chi connectivity index (χ2n) is 3.82. The number of rotatable bonds is 4. The zero-order chi connectivity index (χ0) is 11.3. The first-order valence-corrected chi connectivity index (χ1v) is 5.03. The molecule has 0 aliphatic heterocycles. The Morgan fingerprint density at radius 2 is 1.93 bits per heavy atom. The van der Waals surface area contributed by atoms with E-state index in [1.54, 1.807) is 13.3 Å². The number of hydroxylamine groups is 1. The van der Waals surface area contributed by atoms with E-state index in [1.165, 1.54) is 0 Å². The molecule has 0 aromatic heterocycles. The zero-order valence-electron chi connectivity index (χ0n) is 9.43. The number of hydrogen-bond donors (Lipinski definition) is 0. The van der Waals surface area contributed by atoms with Gasteiger partial charge in [-0.2, -0.15) is 0 Å². The molecule has 3 nitrogen and oxygen atoms in total. The van der Waals surface area contributed by atoms with Crippen LogP contribution in [0.4, 0.5) is 0 Å². The number of hydrogen-bond acceptors (Lipinski definition) is 2. The summed E-state index contributed by atoms with van der Waals surface area (Å²) in [7, 11) is 1.63. The largest absolute Gasteiger partial charge is 0.624 e. The van der Waals surface area contributed by atoms with Gasteiger partial charge in [0.25, 0.3) is 0 Å². The van der Waals surface area contributed by atoms with Crippen LogP contribution in [0, 0.1) is 11.1 Å². The van der Waals surface area contributed by atoms with Gasteiger partial charge in [-0.1, -0.05) is 13.8 Å². The van der Waals surface area contributed by atoms with Crippen molar-refractivity contribution in [3.05, 3.63) is 35.0 Å². The second-order valence-corrected chi connectivity index (χ2v) is 3.82. The molecule has 0 aliphatic carbocycles. The third-order valence-corrected chi connectivity index (χ3v) is 1.96. The first-order valence-electron chi connectivity index (χ1n) is 5.03. The highest BCUT2D eigenvalue weighted by Gasteiger charge is 2.00. The predicted molar refractivity (Wildman–Crippen MR) is 61.2 cm³/mol. The normalized spacial score (nSPS) is 11.9. The number of benzene rings is 1. The molecule has 0 atom stereocenters. The molecule has 1 aromatic carbocycles. The number of nitrogens with zero attached hydrogens (tertiary/aromatic N) is 1. The Labute approximate surface area is 90.6 Å². The molecule has 0 saturated heterocycles. The highest BCUT2D eigenvalue weighted by Crippen LogP contribution is 2.11. The van der Waals surface area contributed by atoms with Crippen LogP contribution in [0.3, 0.4) is 0 Å². The SMILES string of the molecule is COc1ccc(C/[N+]([O-])=C/C(C)C)cc1. The van der Waals surface area contributed by atoms with Crippen molar-refractivity contribution in [3.8, 4) is 5.75 Å². The van der Waals surface area contributed by atoms with Crippen LogP contribution in [-0.2, 0) is 6.54 Å². The van der Waals surface area contributed by atoms with Gasteiger partial charge in [0.05, 0.1) is 7.11 Å². The van der Waals surface area contributed by atoms with Crippen LogP contribution in [0.2, 0.25) is 0 Å². The van der Waals surface area contributed by atoms with E-state index in [0.717, 1.165) is 16.1 Å². The lowest BCUT2D eigenvalue weighted by Crippen LogP contribution is -2.08. The van der Waals surface area contributed by atoms with E-state index >= 15 is 0 Å². The van der Waals surface area contributed by atoms with Crippen molar-refractivity contribution in [2.75, 3.05) is 7.11 Å². The predicted octanol–water partition coefficient (Wildman–Crippen LogP) is 2.43. The lowest BCUT2D eigenvalue weighted by atomic mass is 10.2. The molecular formula is C12H17NO2. The fourth-order valence-corrected chi connectivity index (χ4v) is 1.30. The van der Waals surface area contributed by atoms with Crippen LogP contribution < -0.4 is 4.74 Å². The summed E-state index contributed by atoms with van der Waals surface area (Å²) in [5.41, 5.74) is 0.989. The molecule has 3 heteroatoms. The van der Waals surface area contributed by atoms with Gasteiger partial charge in [0.2, 0.25) is 0 Å². The van der Waals surface area contributed by atoms with Gasteiger partial charge in [-0.15, -0.1) is 0 Å². The zero-order valence-corrected chi connectivity index (χ0v) is 9.43. The Morgan fingerprint density at radius 3 is 2.40 bits per heavy atom. The van der Waals surface area contributed by atoms with Crippen molar-refractivity contribution in [3.63, 3.8) is 0 Å². The van der Waals surface area contributed by atoms with Crippen LogP contribution in [-0.4, -0.2) is 18.1 Å². The van der Waals surface area contributed by atoms with Gasteiger partial charge >= 0.3 is 0 Å². The highest BCUT2D eigenvalue weighted by atomic mass is 16.5. The molecule has 0 N–H and O–H groups in total. The minimum Gasteiger partial charge on any atom is -0.624 e. The Bertz CT molecular complexity index is 328. The third kappa shape index (κ3) is 4.02. The van der Waals surface area contributed by atoms with E-state index in [9.17, 15) is 5.21 Å². The van der Waals surface area contributed by atoms with Crippen molar-refractivity contribution in [1.82, 2.24) is 0 Å². The Kier molecular flexibility index (Phi) is 4.16. The molecule has 82 valence electrons. The van der Waals surface area contributed by atoms with E-state index in [-0.39, 0.29) is 5.92 Å². The third-order valence-electron chi connectivity index (χ3n) is 1.96. The first kappa shape index (κ1) is 11.6. The van der Waals surface area contributed by atoms with Crippen LogP contribution in [0.5, 0.6) is 5.75 Å². The van der Waals surface area contributed by atoms with Crippen LogP contribution in [0.1, 0.15) is 19.4 Å². The van der Waals surface area contributed by atoms with Crippen molar-refractivity contribution < 1.29 is 9.48 Å². The van der Waals surface area contributed by atoms with Crippen LogP contribution >= 0.6 is 0 Å². The van der Waals surface area contributed by atoms with Gasteiger partial charge in [-0.3, -0.25) is 0 Å². The highest BCUT2D eigenvalue weighted by molar-refractivity contribution is 5.53. The molecule has 15 heavy (non-hydrogen) atoms. The quantitative estimate of drug-likeness (QED) is 0.329. The van der Waals surface area contributed by atoms with Crippen molar-refractivity contribution in [2.45, 2.75) is 20.4 Å². The molecule has 0 amide bonds. The van der Waals surface area contributed by atoms with E-state index in [1.807, 2.05) is 38.1 Å². The van der Waals surface area contributed by atoms with Gasteiger partial charge in [-0.05, 0) is 24.3 Å². The number of ether oxygens (including phenoxy) is 1. The summed E-state index contributed by atoms with van der Waals surface area (Å²) in [6.45, 7) is 4.36. The smallest absolute Gasteiger partial charge is 0.178 e. The molecular weight excluding hydrogens is 190 g/mol. The Balaban J connectivity index is 2.65. The summed E-state index contributed by atoms with van der Waals surface area (Å²) in [4.78, 5) is 0. The van der Waals surface area contributed by atoms with Crippen LogP contribution in [0.25, 0.3) is 0 Å². The minimum atomic E-state index is 0.278. The molecule has 0 saturated carbocycles. The van der Waals surface area contributed by atoms with Gasteiger partial charge in [0, 0.05) is 11.5 Å². The maximum absolute atomic E-state index is 11.4. The van der Waals surface area contributed by atoms with Gasteiger partial charge < -0.3 is 9.94 Å². The Hall–Kier alpha value is -1.51. The van der Waals surface area contributed by atoms with E-state index < -0.39 is 0 Å². The molecule has 0 heterocycles. The summed E-state index contributed by atoms with van der Waals surface area (Å²) in [6, 6.07) is 7.52. The van der Waals surface area contributed by atoms with Crippen LogP contribution in [0.15, 0.2) is 24.3 Å². The van der Waals surface area contributed by atoms with E-state index in [2.05, 4.69) is 0 Å². The topological polar surface area (TPSA) is 35.3 Å². The standard InChI is InChI=1S/C12H17NO2/c1-10(2)8-13(14)9-11-4-6-12(15-3)7-5-11/h4-8,10H,9H2,1-3H3/b13-8-. The van der Waals surface area contributed by atoms with Gasteiger partial charge in [-0.25, -0.2) is 4.74 Å².